The molecule has 2 aromatic carbocycles. The Morgan fingerprint density at radius 3 is 2.00 bits per heavy atom. The van der Waals surface area contributed by atoms with E-state index in [2.05, 4.69) is 36.5 Å². The fourth-order valence-electron chi connectivity index (χ4n) is 2.37. The molecular weight excluding hydrogens is 246 g/mol. The average molecular weight is 269 g/mol. The summed E-state index contributed by atoms with van der Waals surface area (Å²) in [6.45, 7) is 4.74. The Labute approximate surface area is 121 Å². The first-order chi connectivity index (χ1) is 9.68. The van der Waals surface area contributed by atoms with Crippen LogP contribution in [0.4, 0.5) is 0 Å². The SMILES string of the molecule is C[C@@H]([C@H](C)O)[C@@H](NCc1ccccc1)c1ccccc1. The fourth-order valence-corrected chi connectivity index (χ4v) is 2.37. The first-order valence-corrected chi connectivity index (χ1v) is 7.19. The number of hydrogen-bond donors (Lipinski definition) is 2. The first kappa shape index (κ1) is 14.8. The number of hydrogen-bond acceptors (Lipinski definition) is 2. The Kier molecular flexibility index (Phi) is 5.33. The zero-order valence-corrected chi connectivity index (χ0v) is 12.2. The van der Waals surface area contributed by atoms with Crippen molar-refractivity contribution in [2.45, 2.75) is 32.5 Å². The van der Waals surface area contributed by atoms with Gasteiger partial charge < -0.3 is 10.4 Å². The lowest BCUT2D eigenvalue weighted by Gasteiger charge is -2.28. The van der Waals surface area contributed by atoms with Gasteiger partial charge in [-0.1, -0.05) is 67.6 Å². The topological polar surface area (TPSA) is 32.3 Å². The normalized spacial score (nSPS) is 15.6. The molecule has 2 N–H and O–H groups in total. The quantitative estimate of drug-likeness (QED) is 0.840. The largest absolute Gasteiger partial charge is 0.393 e. The van der Waals surface area contributed by atoms with Crippen molar-refractivity contribution in [2.75, 3.05) is 0 Å². The maximum atomic E-state index is 9.91. The van der Waals surface area contributed by atoms with Crippen LogP contribution in [-0.4, -0.2) is 11.2 Å². The summed E-state index contributed by atoms with van der Waals surface area (Å²) in [5, 5.41) is 13.5. The third kappa shape index (κ3) is 3.92. The van der Waals surface area contributed by atoms with Crippen LogP contribution in [0.2, 0.25) is 0 Å². The van der Waals surface area contributed by atoms with Crippen molar-refractivity contribution in [3.63, 3.8) is 0 Å². The maximum absolute atomic E-state index is 9.91. The highest BCUT2D eigenvalue weighted by Gasteiger charge is 2.22. The van der Waals surface area contributed by atoms with E-state index in [9.17, 15) is 5.11 Å². The summed E-state index contributed by atoms with van der Waals surface area (Å²) in [5.74, 6) is 0.154. The molecule has 0 fully saturated rings. The lowest BCUT2D eigenvalue weighted by molar-refractivity contribution is 0.110. The van der Waals surface area contributed by atoms with Gasteiger partial charge in [-0.05, 0) is 18.1 Å². The molecule has 0 aliphatic rings. The molecule has 3 atom stereocenters. The Balaban J connectivity index is 2.11. The molecule has 0 spiro atoms. The summed E-state index contributed by atoms with van der Waals surface area (Å²) in [6, 6.07) is 20.8. The van der Waals surface area contributed by atoms with Crippen LogP contribution in [-0.2, 0) is 6.54 Å². The fraction of sp³-hybridized carbons (Fsp3) is 0.333. The zero-order valence-electron chi connectivity index (χ0n) is 12.2. The molecule has 0 aliphatic heterocycles. The minimum absolute atomic E-state index is 0.149. The van der Waals surface area contributed by atoms with Gasteiger partial charge in [-0.15, -0.1) is 0 Å². The highest BCUT2D eigenvalue weighted by atomic mass is 16.3. The van der Waals surface area contributed by atoms with Crippen molar-refractivity contribution < 1.29 is 5.11 Å². The van der Waals surface area contributed by atoms with Crippen LogP contribution in [0.25, 0.3) is 0 Å². The monoisotopic (exact) mass is 269 g/mol. The molecule has 0 aliphatic carbocycles. The highest BCUT2D eigenvalue weighted by Crippen LogP contribution is 2.25. The van der Waals surface area contributed by atoms with Crippen LogP contribution in [0.3, 0.4) is 0 Å². The third-order valence-electron chi connectivity index (χ3n) is 3.81. The summed E-state index contributed by atoms with van der Waals surface area (Å²) in [5.41, 5.74) is 2.48. The number of nitrogens with one attached hydrogen (secondary N) is 1. The predicted molar refractivity (Wildman–Crippen MR) is 83.3 cm³/mol. The van der Waals surface area contributed by atoms with Gasteiger partial charge in [0, 0.05) is 18.5 Å². The highest BCUT2D eigenvalue weighted by molar-refractivity contribution is 5.21. The van der Waals surface area contributed by atoms with E-state index in [1.165, 1.54) is 11.1 Å². The average Bonchev–Trinajstić information content (AvgIpc) is 2.49. The molecule has 0 radical (unpaired) electrons. The summed E-state index contributed by atoms with van der Waals surface area (Å²) in [6.07, 6.45) is -0.344. The van der Waals surface area contributed by atoms with Crippen molar-refractivity contribution in [3.8, 4) is 0 Å². The Morgan fingerprint density at radius 2 is 1.45 bits per heavy atom. The molecular formula is C18H23NO. The van der Waals surface area contributed by atoms with Crippen LogP contribution in [0, 0.1) is 5.92 Å². The molecule has 2 rings (SSSR count). The molecule has 0 aromatic heterocycles. The van der Waals surface area contributed by atoms with Crippen LogP contribution in [0.15, 0.2) is 60.7 Å². The Morgan fingerprint density at radius 1 is 0.900 bits per heavy atom. The first-order valence-electron chi connectivity index (χ1n) is 7.19. The molecule has 0 saturated carbocycles. The van der Waals surface area contributed by atoms with Crippen molar-refractivity contribution in [3.05, 3.63) is 71.8 Å². The van der Waals surface area contributed by atoms with Crippen molar-refractivity contribution in [2.24, 2.45) is 5.92 Å². The maximum Gasteiger partial charge on any atom is 0.0555 e. The molecule has 0 amide bonds. The van der Waals surface area contributed by atoms with Gasteiger partial charge in [-0.25, -0.2) is 0 Å². The molecule has 0 saturated heterocycles. The van der Waals surface area contributed by atoms with E-state index in [0.717, 1.165) is 6.54 Å². The molecule has 2 aromatic rings. The van der Waals surface area contributed by atoms with E-state index < -0.39 is 0 Å². The van der Waals surface area contributed by atoms with Gasteiger partial charge in [0.25, 0.3) is 0 Å². The lowest BCUT2D eigenvalue weighted by atomic mass is 9.90. The number of aliphatic hydroxyl groups excluding tert-OH is 1. The predicted octanol–water partition coefficient (Wildman–Crippen LogP) is 3.53. The van der Waals surface area contributed by atoms with Crippen LogP contribution >= 0.6 is 0 Å². The molecule has 20 heavy (non-hydrogen) atoms. The molecule has 2 heteroatoms. The minimum Gasteiger partial charge on any atom is -0.393 e. The molecule has 0 bridgehead atoms. The number of benzene rings is 2. The summed E-state index contributed by atoms with van der Waals surface area (Å²) < 4.78 is 0. The van der Waals surface area contributed by atoms with E-state index in [-0.39, 0.29) is 18.1 Å². The van der Waals surface area contributed by atoms with E-state index >= 15 is 0 Å². The lowest BCUT2D eigenvalue weighted by Crippen LogP contribution is -2.32. The van der Waals surface area contributed by atoms with Crippen molar-refractivity contribution >= 4 is 0 Å². The van der Waals surface area contributed by atoms with Crippen molar-refractivity contribution in [1.29, 1.82) is 0 Å². The standard InChI is InChI=1S/C18H23NO/c1-14(15(2)20)18(17-11-7-4-8-12-17)19-13-16-9-5-3-6-10-16/h3-12,14-15,18-20H,13H2,1-2H3/t14-,15-,18+/m0/s1. The second kappa shape index (κ2) is 7.22. The van der Waals surface area contributed by atoms with Gasteiger partial charge in [-0.3, -0.25) is 0 Å². The van der Waals surface area contributed by atoms with Gasteiger partial charge in [0.05, 0.1) is 6.10 Å². The van der Waals surface area contributed by atoms with Crippen molar-refractivity contribution in [1.82, 2.24) is 5.32 Å². The Hall–Kier alpha value is -1.64. The molecule has 2 nitrogen and oxygen atoms in total. The number of rotatable bonds is 6. The molecule has 106 valence electrons. The zero-order chi connectivity index (χ0) is 14.4. The molecule has 0 unspecified atom stereocenters. The minimum atomic E-state index is -0.344. The second-order valence-electron chi connectivity index (χ2n) is 5.35. The second-order valence-corrected chi connectivity index (χ2v) is 5.35. The summed E-state index contributed by atoms with van der Waals surface area (Å²) >= 11 is 0. The van der Waals surface area contributed by atoms with Gasteiger partial charge in [0.1, 0.15) is 0 Å². The van der Waals surface area contributed by atoms with Crippen LogP contribution in [0.1, 0.15) is 31.0 Å². The smallest absolute Gasteiger partial charge is 0.0555 e. The van der Waals surface area contributed by atoms with Gasteiger partial charge >= 0.3 is 0 Å². The van der Waals surface area contributed by atoms with E-state index in [1.807, 2.05) is 43.3 Å². The van der Waals surface area contributed by atoms with E-state index in [0.29, 0.717) is 0 Å². The van der Waals surface area contributed by atoms with Gasteiger partial charge in [0.15, 0.2) is 0 Å². The summed E-state index contributed by atoms with van der Waals surface area (Å²) in [4.78, 5) is 0. The summed E-state index contributed by atoms with van der Waals surface area (Å²) in [7, 11) is 0. The van der Waals surface area contributed by atoms with Crippen LogP contribution < -0.4 is 5.32 Å². The van der Waals surface area contributed by atoms with E-state index in [1.54, 1.807) is 0 Å². The van der Waals surface area contributed by atoms with Gasteiger partial charge in [0.2, 0.25) is 0 Å². The van der Waals surface area contributed by atoms with Crippen LogP contribution in [0.5, 0.6) is 0 Å². The third-order valence-corrected chi connectivity index (χ3v) is 3.81. The Bertz CT molecular complexity index is 495. The number of aliphatic hydroxyl groups is 1. The molecule has 0 heterocycles. The van der Waals surface area contributed by atoms with E-state index in [4.69, 9.17) is 0 Å². The van der Waals surface area contributed by atoms with Gasteiger partial charge in [-0.2, -0.15) is 0 Å².